The Morgan fingerprint density at radius 2 is 1.93 bits per heavy atom. The van der Waals surface area contributed by atoms with Crippen LogP contribution >= 0.6 is 11.6 Å². The second-order valence-electron chi connectivity index (χ2n) is 6.06. The van der Waals surface area contributed by atoms with E-state index in [2.05, 4.69) is 10.3 Å². The number of nitrogens with one attached hydrogen (secondary N) is 2. The average molecular weight is 411 g/mol. The molecule has 29 heavy (non-hydrogen) atoms. The van der Waals surface area contributed by atoms with Gasteiger partial charge in [-0.3, -0.25) is 10.2 Å². The molecule has 3 aromatic rings. The molecule has 0 unspecified atom stereocenters. The zero-order chi connectivity index (χ0) is 20.8. The molecule has 8 heteroatoms. The maximum absolute atomic E-state index is 12.7. The van der Waals surface area contributed by atoms with Gasteiger partial charge in [0.15, 0.2) is 0 Å². The number of pyridine rings is 1. The Kier molecular flexibility index (Phi) is 6.31. The van der Waals surface area contributed by atoms with Crippen molar-refractivity contribution in [2.24, 2.45) is 0 Å². The van der Waals surface area contributed by atoms with Crippen LogP contribution in [0.4, 0.5) is 11.5 Å². The third-order valence-corrected chi connectivity index (χ3v) is 4.39. The van der Waals surface area contributed by atoms with Gasteiger partial charge in [-0.25, -0.2) is 4.98 Å². The number of nitrogen functional groups attached to an aromatic ring is 1. The molecule has 3 rings (SSSR count). The van der Waals surface area contributed by atoms with Gasteiger partial charge >= 0.3 is 0 Å². The van der Waals surface area contributed by atoms with E-state index in [0.717, 1.165) is 5.56 Å². The van der Waals surface area contributed by atoms with Gasteiger partial charge in [-0.05, 0) is 29.8 Å². The summed E-state index contributed by atoms with van der Waals surface area (Å²) in [5.41, 5.74) is 7.64. The van der Waals surface area contributed by atoms with Crippen LogP contribution in [-0.4, -0.2) is 23.9 Å². The van der Waals surface area contributed by atoms with Crippen LogP contribution in [0.3, 0.4) is 0 Å². The number of hydrogen-bond donors (Lipinski definition) is 3. The minimum absolute atomic E-state index is 0.129. The molecule has 0 aliphatic heterocycles. The van der Waals surface area contributed by atoms with Crippen molar-refractivity contribution < 1.29 is 14.3 Å². The Morgan fingerprint density at radius 3 is 2.66 bits per heavy atom. The van der Waals surface area contributed by atoms with Gasteiger partial charge in [0.25, 0.3) is 5.91 Å². The van der Waals surface area contributed by atoms with Crippen molar-refractivity contribution in [3.63, 3.8) is 0 Å². The molecule has 0 spiro atoms. The number of anilines is 2. The molecule has 0 aliphatic rings. The average Bonchev–Trinajstić information content (AvgIpc) is 2.74. The minimum Gasteiger partial charge on any atom is -0.489 e. The summed E-state index contributed by atoms with van der Waals surface area (Å²) < 4.78 is 10.6. The first-order valence-corrected chi connectivity index (χ1v) is 9.02. The lowest BCUT2D eigenvalue weighted by Gasteiger charge is -2.12. The minimum atomic E-state index is -0.443. The summed E-state index contributed by atoms with van der Waals surface area (Å²) in [6.45, 7) is 0.369. The Balaban J connectivity index is 1.76. The number of carbonyl (C=O) groups excluding carboxylic acids is 1. The molecule has 2 aromatic carbocycles. The molecule has 0 fully saturated rings. The summed E-state index contributed by atoms with van der Waals surface area (Å²) in [5.74, 6) is 0.0481. The van der Waals surface area contributed by atoms with Crippen molar-refractivity contribution in [2.45, 2.75) is 6.61 Å². The second kappa shape index (κ2) is 9.07. The van der Waals surface area contributed by atoms with E-state index in [9.17, 15) is 4.79 Å². The Bertz CT molecular complexity index is 1040. The van der Waals surface area contributed by atoms with Crippen LogP contribution in [0.2, 0.25) is 5.02 Å². The number of nitrogens with zero attached hydrogens (tertiary/aromatic N) is 1. The summed E-state index contributed by atoms with van der Waals surface area (Å²) in [6, 6.07) is 16.1. The highest BCUT2D eigenvalue weighted by Gasteiger charge is 2.15. The van der Waals surface area contributed by atoms with Crippen molar-refractivity contribution in [1.29, 1.82) is 5.41 Å². The van der Waals surface area contributed by atoms with Crippen molar-refractivity contribution in [2.75, 3.05) is 18.2 Å². The monoisotopic (exact) mass is 410 g/mol. The van der Waals surface area contributed by atoms with Crippen molar-refractivity contribution >= 4 is 34.9 Å². The number of methoxy groups -OCH3 is 1. The van der Waals surface area contributed by atoms with Gasteiger partial charge in [-0.15, -0.1) is 0 Å². The molecule has 0 aliphatic carbocycles. The molecule has 1 aromatic heterocycles. The molecule has 1 heterocycles. The summed E-state index contributed by atoms with van der Waals surface area (Å²) in [6.07, 6.45) is 1.39. The molecule has 0 saturated carbocycles. The highest BCUT2D eigenvalue weighted by molar-refractivity contribution is 6.34. The van der Waals surface area contributed by atoms with E-state index < -0.39 is 5.91 Å². The van der Waals surface area contributed by atoms with Crippen molar-refractivity contribution in [3.05, 3.63) is 82.5 Å². The van der Waals surface area contributed by atoms with E-state index in [4.69, 9.17) is 32.2 Å². The number of benzene rings is 2. The normalized spacial score (nSPS) is 10.3. The van der Waals surface area contributed by atoms with Gasteiger partial charge < -0.3 is 20.5 Å². The maximum atomic E-state index is 12.7. The summed E-state index contributed by atoms with van der Waals surface area (Å²) >= 11 is 6.20. The molecule has 7 nitrogen and oxygen atoms in total. The van der Waals surface area contributed by atoms with Gasteiger partial charge in [0.1, 0.15) is 18.2 Å². The lowest BCUT2D eigenvalue weighted by atomic mass is 10.2. The molecule has 0 bridgehead atoms. The van der Waals surface area contributed by atoms with Gasteiger partial charge in [0, 0.05) is 0 Å². The Hall–Kier alpha value is -3.58. The van der Waals surface area contributed by atoms with Crippen molar-refractivity contribution in [3.8, 4) is 5.75 Å². The van der Waals surface area contributed by atoms with E-state index in [1.807, 2.05) is 30.3 Å². The van der Waals surface area contributed by atoms with Gasteiger partial charge in [0.05, 0.1) is 35.1 Å². The fourth-order valence-corrected chi connectivity index (χ4v) is 2.75. The van der Waals surface area contributed by atoms with Crippen LogP contribution in [0, 0.1) is 5.41 Å². The molecule has 0 saturated heterocycles. The number of nitrogens with two attached hydrogens (primary N) is 1. The van der Waals surface area contributed by atoms with E-state index in [-0.39, 0.29) is 27.9 Å². The van der Waals surface area contributed by atoms with Crippen LogP contribution in [0.1, 0.15) is 21.5 Å². The molecular formula is C21H19ClN4O3. The zero-order valence-corrected chi connectivity index (χ0v) is 16.4. The first kappa shape index (κ1) is 20.2. The predicted molar refractivity (Wildman–Crippen MR) is 113 cm³/mol. The predicted octanol–water partition coefficient (Wildman–Crippen LogP) is 4.12. The lowest BCUT2D eigenvalue weighted by Crippen LogP contribution is -2.15. The number of amides is 1. The lowest BCUT2D eigenvalue weighted by molar-refractivity contribution is 0.102. The van der Waals surface area contributed by atoms with Crippen LogP contribution in [0.5, 0.6) is 5.75 Å². The van der Waals surface area contributed by atoms with Gasteiger partial charge in [0.2, 0.25) is 5.90 Å². The maximum Gasteiger partial charge on any atom is 0.257 e. The summed E-state index contributed by atoms with van der Waals surface area (Å²) in [4.78, 5) is 16.7. The van der Waals surface area contributed by atoms with E-state index in [1.54, 1.807) is 18.2 Å². The Morgan fingerprint density at radius 1 is 1.17 bits per heavy atom. The fraction of sp³-hybridized carbons (Fsp3) is 0.0952. The molecular weight excluding hydrogens is 392 g/mol. The van der Waals surface area contributed by atoms with Crippen LogP contribution < -0.4 is 15.8 Å². The zero-order valence-electron chi connectivity index (χ0n) is 15.6. The first-order valence-electron chi connectivity index (χ1n) is 8.64. The largest absolute Gasteiger partial charge is 0.489 e. The van der Waals surface area contributed by atoms with Crippen LogP contribution in [-0.2, 0) is 11.3 Å². The van der Waals surface area contributed by atoms with Crippen LogP contribution in [0.25, 0.3) is 0 Å². The molecule has 148 valence electrons. The van der Waals surface area contributed by atoms with E-state index >= 15 is 0 Å². The number of halogens is 1. The van der Waals surface area contributed by atoms with Gasteiger partial charge in [-0.2, -0.15) is 0 Å². The number of rotatable bonds is 6. The van der Waals surface area contributed by atoms with Crippen LogP contribution in [0.15, 0.2) is 60.8 Å². The summed E-state index contributed by atoms with van der Waals surface area (Å²) in [5, 5.41) is 10.7. The summed E-state index contributed by atoms with van der Waals surface area (Å²) in [7, 11) is 1.35. The quantitative estimate of drug-likeness (QED) is 0.418. The van der Waals surface area contributed by atoms with Gasteiger partial charge in [-0.1, -0.05) is 41.9 Å². The third-order valence-electron chi connectivity index (χ3n) is 4.06. The molecule has 4 N–H and O–H groups in total. The third kappa shape index (κ3) is 5.03. The van der Waals surface area contributed by atoms with E-state index in [1.165, 1.54) is 19.4 Å². The number of hydrogen-bond acceptors (Lipinski definition) is 6. The smallest absolute Gasteiger partial charge is 0.257 e. The molecule has 1 amide bonds. The Labute approximate surface area is 172 Å². The fourth-order valence-electron chi connectivity index (χ4n) is 2.54. The SMILES string of the molecule is COC(=N)c1cc(NC(=O)c2cc(OCc3ccccc3)ccc2Cl)cnc1N. The van der Waals surface area contributed by atoms with Crippen molar-refractivity contribution in [1.82, 2.24) is 4.98 Å². The molecule has 0 radical (unpaired) electrons. The first-order chi connectivity index (χ1) is 14.0. The highest BCUT2D eigenvalue weighted by Crippen LogP contribution is 2.24. The van der Waals surface area contributed by atoms with E-state index in [0.29, 0.717) is 18.0 Å². The molecule has 0 atom stereocenters. The number of ether oxygens (including phenoxy) is 2. The highest BCUT2D eigenvalue weighted by atomic mass is 35.5. The number of aromatic nitrogens is 1. The number of carbonyl (C=O) groups is 1. The standard InChI is InChI=1S/C21H19ClN4O3/c1-28-20(24)17-9-14(11-25-19(17)23)26-21(27)16-10-15(7-8-18(16)22)29-12-13-5-3-2-4-6-13/h2-11,24H,12H2,1H3,(H2,23,25)(H,26,27). The topological polar surface area (TPSA) is 110 Å². The second-order valence-corrected chi connectivity index (χ2v) is 6.47.